The van der Waals surface area contributed by atoms with E-state index in [2.05, 4.69) is 26.8 Å². The van der Waals surface area contributed by atoms with Crippen LogP contribution < -0.4 is 16.0 Å². The van der Waals surface area contributed by atoms with E-state index < -0.39 is 0 Å². The van der Waals surface area contributed by atoms with E-state index in [1.807, 2.05) is 12.1 Å². The lowest BCUT2D eigenvalue weighted by atomic mass is 10.1. The highest BCUT2D eigenvalue weighted by Crippen LogP contribution is 2.22. The molecule has 1 aliphatic rings. The topological polar surface area (TPSA) is 67.1 Å². The van der Waals surface area contributed by atoms with E-state index in [1.54, 1.807) is 6.33 Å². The van der Waals surface area contributed by atoms with Gasteiger partial charge in [-0.2, -0.15) is 0 Å². The average Bonchev–Trinajstić information content (AvgIpc) is 2.85. The Labute approximate surface area is 102 Å². The van der Waals surface area contributed by atoms with Gasteiger partial charge >= 0.3 is 0 Å². The number of hydrogen-bond donors (Lipinski definition) is 2. The first-order valence-electron chi connectivity index (χ1n) is 5.95. The maximum atomic E-state index is 5.69. The molecule has 0 amide bonds. The zero-order valence-electron chi connectivity index (χ0n) is 9.97. The molecule has 1 atom stereocenters. The van der Waals surface area contributed by atoms with Crippen LogP contribution in [-0.4, -0.2) is 36.1 Å². The maximum Gasteiger partial charge on any atom is 0.134 e. The Hall–Kier alpha value is -1.62. The zero-order chi connectivity index (χ0) is 12.1. The second-order valence-corrected chi connectivity index (χ2v) is 4.27. The summed E-state index contributed by atoms with van der Waals surface area (Å²) in [6, 6.07) is 1.97. The molecule has 0 saturated carbocycles. The third-order valence-electron chi connectivity index (χ3n) is 3.02. The summed E-state index contributed by atoms with van der Waals surface area (Å²) in [7, 11) is 0. The van der Waals surface area contributed by atoms with Crippen molar-refractivity contribution in [3.8, 4) is 0 Å². The normalized spacial score (nSPS) is 19.4. The molecule has 1 aromatic heterocycles. The predicted octanol–water partition coefficient (Wildman–Crippen LogP) is 0.859. The Morgan fingerprint density at radius 3 is 3.18 bits per heavy atom. The molecule has 2 heterocycles. The molecule has 1 saturated heterocycles. The summed E-state index contributed by atoms with van der Waals surface area (Å²) in [4.78, 5) is 10.7. The van der Waals surface area contributed by atoms with Crippen LogP contribution in [-0.2, 0) is 0 Å². The van der Waals surface area contributed by atoms with E-state index in [9.17, 15) is 0 Å². The Bertz CT molecular complexity index is 379. The highest BCUT2D eigenvalue weighted by atomic mass is 15.2. The smallest absolute Gasteiger partial charge is 0.134 e. The van der Waals surface area contributed by atoms with Crippen molar-refractivity contribution in [2.24, 2.45) is 11.7 Å². The molecule has 17 heavy (non-hydrogen) atoms. The number of nitrogens with two attached hydrogens (primary N) is 1. The molecular weight excluding hydrogens is 214 g/mol. The summed E-state index contributed by atoms with van der Waals surface area (Å²) in [5.41, 5.74) is 5.69. The highest BCUT2D eigenvalue weighted by molar-refractivity contribution is 5.49. The number of nitrogens with one attached hydrogen (secondary N) is 1. The molecule has 0 spiro atoms. The quantitative estimate of drug-likeness (QED) is 0.738. The predicted molar refractivity (Wildman–Crippen MR) is 70.1 cm³/mol. The van der Waals surface area contributed by atoms with Crippen molar-refractivity contribution in [3.63, 3.8) is 0 Å². The van der Waals surface area contributed by atoms with Crippen molar-refractivity contribution < 1.29 is 0 Å². The largest absolute Gasteiger partial charge is 0.366 e. The first-order chi connectivity index (χ1) is 8.33. The second-order valence-electron chi connectivity index (χ2n) is 4.27. The van der Waals surface area contributed by atoms with Gasteiger partial charge < -0.3 is 16.0 Å². The summed E-state index contributed by atoms with van der Waals surface area (Å²) in [6.07, 6.45) is 4.55. The van der Waals surface area contributed by atoms with E-state index in [4.69, 9.17) is 5.73 Å². The highest BCUT2D eigenvalue weighted by Gasteiger charge is 2.22. The van der Waals surface area contributed by atoms with Crippen molar-refractivity contribution in [2.75, 3.05) is 36.4 Å². The van der Waals surface area contributed by atoms with E-state index >= 15 is 0 Å². The molecule has 1 aromatic rings. The van der Waals surface area contributed by atoms with E-state index in [1.165, 1.54) is 0 Å². The molecule has 3 N–H and O–H groups in total. The molecule has 0 aliphatic carbocycles. The van der Waals surface area contributed by atoms with Crippen LogP contribution in [0.25, 0.3) is 0 Å². The lowest BCUT2D eigenvalue weighted by Gasteiger charge is -2.17. The lowest BCUT2D eigenvalue weighted by Crippen LogP contribution is -2.23. The molecule has 1 unspecified atom stereocenters. The fraction of sp³-hybridized carbons (Fsp3) is 0.500. The van der Waals surface area contributed by atoms with Gasteiger partial charge in [-0.25, -0.2) is 9.97 Å². The van der Waals surface area contributed by atoms with Crippen molar-refractivity contribution in [3.05, 3.63) is 25.0 Å². The van der Waals surface area contributed by atoms with Gasteiger partial charge in [0.2, 0.25) is 0 Å². The number of aromatic nitrogens is 2. The fourth-order valence-corrected chi connectivity index (χ4v) is 2.03. The lowest BCUT2D eigenvalue weighted by molar-refractivity contribution is 0.602. The summed E-state index contributed by atoms with van der Waals surface area (Å²) < 4.78 is 0. The third-order valence-corrected chi connectivity index (χ3v) is 3.02. The van der Waals surface area contributed by atoms with E-state index in [0.29, 0.717) is 12.5 Å². The van der Waals surface area contributed by atoms with Gasteiger partial charge in [0.25, 0.3) is 0 Å². The Kier molecular flexibility index (Phi) is 3.93. The Morgan fingerprint density at radius 1 is 1.59 bits per heavy atom. The standard InChI is InChI=1S/C12H19N5/c1-2-4-14-11-6-12(16-9-15-11)17-5-3-10(7-13)8-17/h2,6,9-10H,1,3-5,7-8,13H2,(H,14,15,16). The zero-order valence-corrected chi connectivity index (χ0v) is 9.97. The summed E-state index contributed by atoms with van der Waals surface area (Å²) in [5, 5.41) is 3.16. The summed E-state index contributed by atoms with van der Waals surface area (Å²) in [6.45, 7) is 7.15. The average molecular weight is 233 g/mol. The number of hydrogen-bond acceptors (Lipinski definition) is 5. The van der Waals surface area contributed by atoms with Crippen molar-refractivity contribution in [1.82, 2.24) is 9.97 Å². The number of nitrogens with zero attached hydrogens (tertiary/aromatic N) is 3. The maximum absolute atomic E-state index is 5.69. The number of anilines is 2. The van der Waals surface area contributed by atoms with Crippen molar-refractivity contribution >= 4 is 11.6 Å². The van der Waals surface area contributed by atoms with Crippen LogP contribution in [0.1, 0.15) is 6.42 Å². The van der Waals surface area contributed by atoms with Gasteiger partial charge in [0, 0.05) is 25.7 Å². The number of rotatable bonds is 5. The van der Waals surface area contributed by atoms with Crippen LogP contribution in [0.4, 0.5) is 11.6 Å². The molecule has 5 nitrogen and oxygen atoms in total. The van der Waals surface area contributed by atoms with E-state index in [-0.39, 0.29) is 0 Å². The summed E-state index contributed by atoms with van der Waals surface area (Å²) in [5.74, 6) is 2.41. The minimum Gasteiger partial charge on any atom is -0.366 e. The molecule has 0 bridgehead atoms. The van der Waals surface area contributed by atoms with Crippen molar-refractivity contribution in [2.45, 2.75) is 6.42 Å². The van der Waals surface area contributed by atoms with Crippen LogP contribution >= 0.6 is 0 Å². The monoisotopic (exact) mass is 233 g/mol. The van der Waals surface area contributed by atoms with Gasteiger partial charge in [-0.1, -0.05) is 6.08 Å². The molecule has 0 radical (unpaired) electrons. The van der Waals surface area contributed by atoms with Crippen LogP contribution in [0, 0.1) is 5.92 Å². The summed E-state index contributed by atoms with van der Waals surface area (Å²) >= 11 is 0. The van der Waals surface area contributed by atoms with Crippen LogP contribution in [0.15, 0.2) is 25.0 Å². The molecule has 0 aromatic carbocycles. The Morgan fingerprint density at radius 2 is 2.47 bits per heavy atom. The van der Waals surface area contributed by atoms with Gasteiger partial charge in [0.15, 0.2) is 0 Å². The second kappa shape index (κ2) is 5.63. The molecule has 1 aliphatic heterocycles. The van der Waals surface area contributed by atoms with Crippen LogP contribution in [0.2, 0.25) is 0 Å². The van der Waals surface area contributed by atoms with Crippen LogP contribution in [0.3, 0.4) is 0 Å². The Balaban J connectivity index is 2.03. The van der Waals surface area contributed by atoms with Gasteiger partial charge in [0.05, 0.1) is 0 Å². The van der Waals surface area contributed by atoms with Crippen LogP contribution in [0.5, 0.6) is 0 Å². The minimum atomic E-state index is 0.592. The first kappa shape index (κ1) is 11.9. The molecular formula is C12H19N5. The first-order valence-corrected chi connectivity index (χ1v) is 5.95. The minimum absolute atomic E-state index is 0.592. The van der Waals surface area contributed by atoms with Gasteiger partial charge in [-0.3, -0.25) is 0 Å². The molecule has 1 fully saturated rings. The van der Waals surface area contributed by atoms with Gasteiger partial charge in [-0.05, 0) is 18.9 Å². The van der Waals surface area contributed by atoms with Crippen molar-refractivity contribution in [1.29, 1.82) is 0 Å². The van der Waals surface area contributed by atoms with Gasteiger partial charge in [0.1, 0.15) is 18.0 Å². The molecule has 5 heteroatoms. The fourth-order valence-electron chi connectivity index (χ4n) is 2.03. The molecule has 2 rings (SSSR count). The molecule has 92 valence electrons. The SMILES string of the molecule is C=CCNc1cc(N2CCC(CN)C2)ncn1. The third kappa shape index (κ3) is 2.94. The van der Waals surface area contributed by atoms with E-state index in [0.717, 1.165) is 37.7 Å². The van der Waals surface area contributed by atoms with Gasteiger partial charge in [-0.15, -0.1) is 6.58 Å².